The minimum Gasteiger partial charge on any atom is -0.507 e. The number of aromatic hydroxyl groups is 1. The number of amides is 1. The van der Waals surface area contributed by atoms with Gasteiger partial charge in [-0.05, 0) is 46.2 Å². The smallest absolute Gasteiger partial charge is 0.239 e. The van der Waals surface area contributed by atoms with Crippen LogP contribution >= 0.6 is 11.6 Å². The van der Waals surface area contributed by atoms with Crippen LogP contribution in [0.5, 0.6) is 5.75 Å². The predicted molar refractivity (Wildman–Crippen MR) is 155 cm³/mol. The number of para-hydroxylation sites is 1. The molecule has 0 spiro atoms. The summed E-state index contributed by atoms with van der Waals surface area (Å²) in [5.41, 5.74) is 3.19. The molecule has 192 valence electrons. The molecule has 3 N–H and O–H groups in total. The molecule has 39 heavy (non-hydrogen) atoms. The number of phenolic OH excluding ortho intramolecular Hbond substituents is 1. The lowest BCUT2D eigenvalue weighted by molar-refractivity contribution is -0.119. The fourth-order valence-electron chi connectivity index (χ4n) is 5.01. The number of rotatable bonds is 5. The Morgan fingerprint density at radius 1 is 0.821 bits per heavy atom. The molecule has 0 aromatic heterocycles. The van der Waals surface area contributed by atoms with Crippen LogP contribution in [0.1, 0.15) is 23.6 Å². The third kappa shape index (κ3) is 4.47. The highest BCUT2D eigenvalue weighted by Gasteiger charge is 2.46. The Labute approximate surface area is 231 Å². The van der Waals surface area contributed by atoms with Crippen molar-refractivity contribution in [1.29, 1.82) is 0 Å². The highest BCUT2D eigenvalue weighted by Crippen LogP contribution is 2.45. The van der Waals surface area contributed by atoms with Gasteiger partial charge in [0.2, 0.25) is 17.5 Å². The molecule has 0 radical (unpaired) electrons. The summed E-state index contributed by atoms with van der Waals surface area (Å²) < 4.78 is 6.56. The maximum Gasteiger partial charge on any atom is 0.239 e. The lowest BCUT2D eigenvalue weighted by Gasteiger charge is -2.32. The lowest BCUT2D eigenvalue weighted by Crippen LogP contribution is -2.40. The average Bonchev–Trinajstić information content (AvgIpc) is 3.32. The third-order valence-corrected chi connectivity index (χ3v) is 7.20. The zero-order valence-corrected chi connectivity index (χ0v) is 21.9. The van der Waals surface area contributed by atoms with E-state index >= 15 is 0 Å². The van der Waals surface area contributed by atoms with Crippen molar-refractivity contribution in [3.8, 4) is 16.9 Å². The number of halogens is 1. The molecular weight excluding hydrogens is 508 g/mol. The van der Waals surface area contributed by atoms with Crippen molar-refractivity contribution >= 4 is 34.0 Å². The SMILES string of the molecule is CC(=O)NC1=C(c2ccccc2Cl)NC(c2ccc(-c3ccc4ccccc4c3)cc2)(c2ccccc2O)O1. The van der Waals surface area contributed by atoms with Crippen LogP contribution in [0, 0.1) is 0 Å². The molecule has 6 heteroatoms. The van der Waals surface area contributed by atoms with E-state index in [0.29, 0.717) is 21.8 Å². The molecule has 0 bridgehead atoms. The fourth-order valence-corrected chi connectivity index (χ4v) is 5.24. The zero-order valence-electron chi connectivity index (χ0n) is 21.1. The van der Waals surface area contributed by atoms with Crippen molar-refractivity contribution < 1.29 is 14.6 Å². The average molecular weight is 533 g/mol. The maximum atomic E-state index is 12.2. The summed E-state index contributed by atoms with van der Waals surface area (Å²) >= 11 is 6.56. The van der Waals surface area contributed by atoms with E-state index in [4.69, 9.17) is 16.3 Å². The first-order valence-corrected chi connectivity index (χ1v) is 12.9. The van der Waals surface area contributed by atoms with Gasteiger partial charge in [-0.2, -0.15) is 0 Å². The third-order valence-electron chi connectivity index (χ3n) is 6.87. The van der Waals surface area contributed by atoms with Gasteiger partial charge in [-0.3, -0.25) is 10.1 Å². The second-order valence-corrected chi connectivity index (χ2v) is 9.84. The maximum absolute atomic E-state index is 12.2. The fraction of sp³-hybridized carbons (Fsp3) is 0.0606. The van der Waals surface area contributed by atoms with Crippen molar-refractivity contribution in [2.75, 3.05) is 0 Å². The second-order valence-electron chi connectivity index (χ2n) is 9.43. The van der Waals surface area contributed by atoms with Crippen molar-refractivity contribution in [2.24, 2.45) is 0 Å². The van der Waals surface area contributed by atoms with Gasteiger partial charge in [0.25, 0.3) is 0 Å². The number of hydrogen-bond acceptors (Lipinski definition) is 4. The Bertz CT molecular complexity index is 1750. The highest BCUT2D eigenvalue weighted by atomic mass is 35.5. The second kappa shape index (κ2) is 9.86. The monoisotopic (exact) mass is 532 g/mol. The number of hydrogen-bond donors (Lipinski definition) is 3. The highest BCUT2D eigenvalue weighted by molar-refractivity contribution is 6.32. The van der Waals surface area contributed by atoms with Gasteiger partial charge < -0.3 is 15.2 Å². The van der Waals surface area contributed by atoms with E-state index in [2.05, 4.69) is 41.0 Å². The van der Waals surface area contributed by atoms with Gasteiger partial charge in [0, 0.05) is 18.1 Å². The summed E-state index contributed by atoms with van der Waals surface area (Å²) in [7, 11) is 0. The predicted octanol–water partition coefficient (Wildman–Crippen LogP) is 7.15. The molecule has 5 aromatic rings. The van der Waals surface area contributed by atoms with Crippen LogP contribution in [0.25, 0.3) is 27.6 Å². The summed E-state index contributed by atoms with van der Waals surface area (Å²) in [6.45, 7) is 1.42. The van der Waals surface area contributed by atoms with E-state index in [-0.39, 0.29) is 17.5 Å². The Morgan fingerprint density at radius 2 is 1.49 bits per heavy atom. The molecule has 5 aromatic carbocycles. The van der Waals surface area contributed by atoms with E-state index in [9.17, 15) is 9.90 Å². The largest absolute Gasteiger partial charge is 0.507 e. The van der Waals surface area contributed by atoms with Crippen LogP contribution < -0.4 is 10.6 Å². The van der Waals surface area contributed by atoms with Gasteiger partial charge in [-0.25, -0.2) is 0 Å². The van der Waals surface area contributed by atoms with Crippen LogP contribution in [0.3, 0.4) is 0 Å². The standard InChI is InChI=1S/C33H25ClN2O3/c1-21(37)35-32-31(27-10-4-6-12-29(27)34)36-33(39-32,28-11-5-7-13-30(28)38)26-18-16-23(17-19-26)25-15-14-22-8-2-3-9-24(22)20-25/h2-20,36,38H,1H3,(H,35,37). The first-order valence-electron chi connectivity index (χ1n) is 12.6. The lowest BCUT2D eigenvalue weighted by atomic mass is 9.91. The van der Waals surface area contributed by atoms with E-state index in [1.54, 1.807) is 24.3 Å². The summed E-state index contributed by atoms with van der Waals surface area (Å²) in [5, 5.41) is 20.1. The van der Waals surface area contributed by atoms with Crippen molar-refractivity contribution in [3.63, 3.8) is 0 Å². The van der Waals surface area contributed by atoms with Crippen LogP contribution in [0.2, 0.25) is 5.02 Å². The number of carbonyl (C=O) groups is 1. The number of benzene rings is 5. The molecule has 1 aliphatic rings. The summed E-state index contributed by atoms with van der Waals surface area (Å²) in [6.07, 6.45) is 0. The van der Waals surface area contributed by atoms with E-state index in [1.807, 2.05) is 60.7 Å². The molecule has 5 nitrogen and oxygen atoms in total. The first-order chi connectivity index (χ1) is 18.9. The quantitative estimate of drug-likeness (QED) is 0.225. The molecule has 1 amide bonds. The summed E-state index contributed by atoms with van der Waals surface area (Å²) in [6, 6.07) is 36.9. The van der Waals surface area contributed by atoms with Crippen LogP contribution in [0.15, 0.2) is 121 Å². The number of carbonyl (C=O) groups excluding carboxylic acids is 1. The molecule has 1 aliphatic heterocycles. The van der Waals surface area contributed by atoms with E-state index < -0.39 is 5.72 Å². The number of nitrogens with one attached hydrogen (secondary N) is 2. The normalized spacial score (nSPS) is 16.6. The van der Waals surface area contributed by atoms with Crippen LogP contribution in [0.4, 0.5) is 0 Å². The van der Waals surface area contributed by atoms with Gasteiger partial charge in [0.15, 0.2) is 0 Å². The molecule has 1 unspecified atom stereocenters. The Kier molecular flexibility index (Phi) is 6.21. The number of fused-ring (bicyclic) bond motifs is 1. The molecule has 0 saturated heterocycles. The molecule has 0 aliphatic carbocycles. The molecule has 0 saturated carbocycles. The Morgan fingerprint density at radius 3 is 2.23 bits per heavy atom. The topological polar surface area (TPSA) is 70.6 Å². The summed E-state index contributed by atoms with van der Waals surface area (Å²) in [5.74, 6) is -0.0280. The van der Waals surface area contributed by atoms with Crippen LogP contribution in [-0.4, -0.2) is 11.0 Å². The molecule has 1 heterocycles. The van der Waals surface area contributed by atoms with Gasteiger partial charge in [-0.15, -0.1) is 0 Å². The van der Waals surface area contributed by atoms with E-state index in [1.165, 1.54) is 17.7 Å². The van der Waals surface area contributed by atoms with Crippen molar-refractivity contribution in [3.05, 3.63) is 143 Å². The zero-order chi connectivity index (χ0) is 27.0. The minimum absolute atomic E-state index is 0.0474. The number of ether oxygens (including phenoxy) is 1. The minimum atomic E-state index is -1.33. The van der Waals surface area contributed by atoms with Gasteiger partial charge in [-0.1, -0.05) is 103 Å². The molecule has 0 fully saturated rings. The summed E-state index contributed by atoms with van der Waals surface area (Å²) in [4.78, 5) is 12.2. The van der Waals surface area contributed by atoms with Gasteiger partial charge >= 0.3 is 0 Å². The molecular formula is C33H25ClN2O3. The van der Waals surface area contributed by atoms with Gasteiger partial charge in [0.1, 0.15) is 11.4 Å². The van der Waals surface area contributed by atoms with Gasteiger partial charge in [0.05, 0.1) is 10.6 Å². The van der Waals surface area contributed by atoms with Crippen LogP contribution in [-0.2, 0) is 15.3 Å². The number of phenols is 1. The Balaban J connectivity index is 1.47. The van der Waals surface area contributed by atoms with E-state index in [0.717, 1.165) is 16.7 Å². The Hall–Kier alpha value is -4.74. The van der Waals surface area contributed by atoms with Crippen molar-refractivity contribution in [2.45, 2.75) is 12.6 Å². The van der Waals surface area contributed by atoms with Crippen molar-refractivity contribution in [1.82, 2.24) is 10.6 Å². The first kappa shape index (κ1) is 24.6. The molecule has 1 atom stereocenters. The molecule has 6 rings (SSSR count).